The summed E-state index contributed by atoms with van der Waals surface area (Å²) < 4.78 is 10.3. The fourth-order valence-electron chi connectivity index (χ4n) is 1.98. The molecule has 4 heteroatoms. The Morgan fingerprint density at radius 1 is 1.38 bits per heavy atom. The topological polar surface area (TPSA) is 38.8 Å². The number of ether oxygens (including phenoxy) is 2. The van der Waals surface area contributed by atoms with Gasteiger partial charge in [0.1, 0.15) is 0 Å². The minimum atomic E-state index is -0.364. The SMILES string of the molecule is COCCCC(=O)C(C)(C)N1CCOCC1. The van der Waals surface area contributed by atoms with Crippen LogP contribution in [-0.4, -0.2) is 56.2 Å². The van der Waals surface area contributed by atoms with Crippen molar-refractivity contribution in [3.05, 3.63) is 0 Å². The molecule has 1 rings (SSSR count). The van der Waals surface area contributed by atoms with E-state index in [1.807, 2.05) is 13.8 Å². The summed E-state index contributed by atoms with van der Waals surface area (Å²) in [5.41, 5.74) is -0.364. The maximum Gasteiger partial charge on any atom is 0.152 e. The van der Waals surface area contributed by atoms with Crippen LogP contribution in [0, 0.1) is 0 Å². The molecular formula is C12H23NO3. The zero-order valence-electron chi connectivity index (χ0n) is 10.6. The van der Waals surface area contributed by atoms with Gasteiger partial charge in [0.25, 0.3) is 0 Å². The van der Waals surface area contributed by atoms with E-state index in [0.29, 0.717) is 18.8 Å². The summed E-state index contributed by atoms with van der Waals surface area (Å²) >= 11 is 0. The van der Waals surface area contributed by atoms with Gasteiger partial charge >= 0.3 is 0 Å². The highest BCUT2D eigenvalue weighted by molar-refractivity contribution is 5.87. The maximum atomic E-state index is 12.1. The average molecular weight is 229 g/mol. The number of rotatable bonds is 6. The normalized spacial score (nSPS) is 18.7. The predicted molar refractivity (Wildman–Crippen MR) is 62.6 cm³/mol. The quantitative estimate of drug-likeness (QED) is 0.639. The van der Waals surface area contributed by atoms with Gasteiger partial charge in [-0.3, -0.25) is 9.69 Å². The van der Waals surface area contributed by atoms with Crippen LogP contribution in [0.5, 0.6) is 0 Å². The summed E-state index contributed by atoms with van der Waals surface area (Å²) in [5, 5.41) is 0. The molecule has 0 spiro atoms. The highest BCUT2D eigenvalue weighted by Crippen LogP contribution is 2.19. The Balaban J connectivity index is 2.43. The van der Waals surface area contributed by atoms with E-state index in [1.54, 1.807) is 7.11 Å². The van der Waals surface area contributed by atoms with Crippen LogP contribution in [0.25, 0.3) is 0 Å². The van der Waals surface area contributed by atoms with Crippen molar-refractivity contribution >= 4 is 5.78 Å². The molecule has 0 aromatic rings. The largest absolute Gasteiger partial charge is 0.385 e. The second kappa shape index (κ2) is 6.33. The van der Waals surface area contributed by atoms with Crippen LogP contribution in [-0.2, 0) is 14.3 Å². The molecule has 4 nitrogen and oxygen atoms in total. The molecule has 1 saturated heterocycles. The van der Waals surface area contributed by atoms with Gasteiger partial charge in [0.2, 0.25) is 0 Å². The summed E-state index contributed by atoms with van der Waals surface area (Å²) in [6, 6.07) is 0. The Morgan fingerprint density at radius 3 is 2.56 bits per heavy atom. The lowest BCUT2D eigenvalue weighted by molar-refractivity contribution is -0.132. The van der Waals surface area contributed by atoms with Crippen LogP contribution in [0.1, 0.15) is 26.7 Å². The van der Waals surface area contributed by atoms with Crippen LogP contribution >= 0.6 is 0 Å². The highest BCUT2D eigenvalue weighted by Gasteiger charge is 2.34. The average Bonchev–Trinajstić information content (AvgIpc) is 2.30. The molecular weight excluding hydrogens is 206 g/mol. The van der Waals surface area contributed by atoms with Gasteiger partial charge in [0, 0.05) is 33.2 Å². The maximum absolute atomic E-state index is 12.1. The van der Waals surface area contributed by atoms with Crippen molar-refractivity contribution in [3.8, 4) is 0 Å². The second-order valence-electron chi connectivity index (χ2n) is 4.68. The van der Waals surface area contributed by atoms with Crippen molar-refractivity contribution in [3.63, 3.8) is 0 Å². The zero-order chi connectivity index (χ0) is 12.0. The first-order valence-electron chi connectivity index (χ1n) is 5.94. The van der Waals surface area contributed by atoms with Crippen molar-refractivity contribution in [2.45, 2.75) is 32.2 Å². The number of nitrogens with zero attached hydrogens (tertiary/aromatic N) is 1. The van der Waals surface area contributed by atoms with Crippen LogP contribution < -0.4 is 0 Å². The van der Waals surface area contributed by atoms with Gasteiger partial charge in [-0.15, -0.1) is 0 Å². The third-order valence-electron chi connectivity index (χ3n) is 3.24. The number of carbonyl (C=O) groups is 1. The smallest absolute Gasteiger partial charge is 0.152 e. The molecule has 0 aromatic heterocycles. The standard InChI is InChI=1S/C12H23NO3/c1-12(2,11(14)5-4-8-15-3)13-6-9-16-10-7-13/h4-10H2,1-3H3. The van der Waals surface area contributed by atoms with Gasteiger partial charge in [0.05, 0.1) is 18.8 Å². The van der Waals surface area contributed by atoms with Gasteiger partial charge in [-0.2, -0.15) is 0 Å². The number of hydrogen-bond acceptors (Lipinski definition) is 4. The van der Waals surface area contributed by atoms with Gasteiger partial charge in [-0.25, -0.2) is 0 Å². The van der Waals surface area contributed by atoms with Crippen LogP contribution in [0.2, 0.25) is 0 Å². The molecule has 0 unspecified atom stereocenters. The van der Waals surface area contributed by atoms with Crippen molar-refractivity contribution in [2.75, 3.05) is 40.0 Å². The van der Waals surface area contributed by atoms with Crippen LogP contribution in [0.4, 0.5) is 0 Å². The molecule has 1 aliphatic rings. The van der Waals surface area contributed by atoms with Crippen LogP contribution in [0.3, 0.4) is 0 Å². The molecule has 94 valence electrons. The van der Waals surface area contributed by atoms with Gasteiger partial charge < -0.3 is 9.47 Å². The van der Waals surface area contributed by atoms with E-state index < -0.39 is 0 Å². The molecule has 0 saturated carbocycles. The van der Waals surface area contributed by atoms with E-state index in [1.165, 1.54) is 0 Å². The lowest BCUT2D eigenvalue weighted by Crippen LogP contribution is -2.54. The number of ketones is 1. The summed E-state index contributed by atoms with van der Waals surface area (Å²) in [7, 11) is 1.66. The monoisotopic (exact) mass is 229 g/mol. The molecule has 1 heterocycles. The van der Waals surface area contributed by atoms with Gasteiger partial charge in [-0.05, 0) is 20.3 Å². The van der Waals surface area contributed by atoms with Gasteiger partial charge in [0.15, 0.2) is 5.78 Å². The number of morpholine rings is 1. The lowest BCUT2D eigenvalue weighted by atomic mass is 9.93. The Labute approximate surface area is 97.9 Å². The predicted octanol–water partition coefficient (Wildman–Crippen LogP) is 1.09. The minimum absolute atomic E-state index is 0.298. The summed E-state index contributed by atoms with van der Waals surface area (Å²) in [5.74, 6) is 0.298. The number of methoxy groups -OCH3 is 1. The third-order valence-corrected chi connectivity index (χ3v) is 3.24. The van der Waals surface area contributed by atoms with Crippen LogP contribution in [0.15, 0.2) is 0 Å². The lowest BCUT2D eigenvalue weighted by Gasteiger charge is -2.39. The first-order chi connectivity index (χ1) is 7.59. The van der Waals surface area contributed by atoms with Crippen molar-refractivity contribution < 1.29 is 14.3 Å². The Hall–Kier alpha value is -0.450. The molecule has 0 amide bonds. The molecule has 0 N–H and O–H groups in total. The van der Waals surface area contributed by atoms with E-state index in [2.05, 4.69) is 4.90 Å². The number of carbonyl (C=O) groups excluding carboxylic acids is 1. The summed E-state index contributed by atoms with van der Waals surface area (Å²) in [6.45, 7) is 7.83. The molecule has 1 aliphatic heterocycles. The number of hydrogen-bond donors (Lipinski definition) is 0. The summed E-state index contributed by atoms with van der Waals surface area (Å²) in [6.07, 6.45) is 1.40. The molecule has 16 heavy (non-hydrogen) atoms. The molecule has 0 aromatic carbocycles. The van der Waals surface area contributed by atoms with Crippen molar-refractivity contribution in [2.24, 2.45) is 0 Å². The number of Topliss-reactive ketones (excluding diaryl/α,β-unsaturated/α-hetero) is 1. The molecule has 0 atom stereocenters. The molecule has 1 fully saturated rings. The fourth-order valence-corrected chi connectivity index (χ4v) is 1.98. The van der Waals surface area contributed by atoms with E-state index in [0.717, 1.165) is 32.7 Å². The third kappa shape index (κ3) is 3.54. The first kappa shape index (κ1) is 13.6. The molecule has 0 radical (unpaired) electrons. The molecule has 0 aliphatic carbocycles. The Kier molecular flexibility index (Phi) is 5.38. The van der Waals surface area contributed by atoms with E-state index in [4.69, 9.17) is 9.47 Å². The molecule has 0 bridgehead atoms. The van der Waals surface area contributed by atoms with E-state index >= 15 is 0 Å². The van der Waals surface area contributed by atoms with E-state index in [9.17, 15) is 4.79 Å². The summed E-state index contributed by atoms with van der Waals surface area (Å²) in [4.78, 5) is 14.3. The highest BCUT2D eigenvalue weighted by atomic mass is 16.5. The zero-order valence-corrected chi connectivity index (χ0v) is 10.6. The second-order valence-corrected chi connectivity index (χ2v) is 4.68. The van der Waals surface area contributed by atoms with E-state index in [-0.39, 0.29) is 5.54 Å². The van der Waals surface area contributed by atoms with Gasteiger partial charge in [-0.1, -0.05) is 0 Å². The van der Waals surface area contributed by atoms with Crippen molar-refractivity contribution in [1.29, 1.82) is 0 Å². The first-order valence-corrected chi connectivity index (χ1v) is 5.94. The fraction of sp³-hybridized carbons (Fsp3) is 0.917. The minimum Gasteiger partial charge on any atom is -0.385 e. The van der Waals surface area contributed by atoms with Crippen molar-refractivity contribution in [1.82, 2.24) is 4.90 Å². The Bertz CT molecular complexity index is 222. The Morgan fingerprint density at radius 2 is 2.00 bits per heavy atom.